The van der Waals surface area contributed by atoms with Crippen LogP contribution in [-0.4, -0.2) is 50.6 Å². The van der Waals surface area contributed by atoms with Crippen molar-refractivity contribution in [3.05, 3.63) is 23.3 Å². The SMILES string of the molecule is CCCCCS(=O)(=O)c1cc(C(=O)NO)c(S(=O)(=O)CCCCC)cc1C(=O)NO. The van der Waals surface area contributed by atoms with Crippen LogP contribution in [-0.2, 0) is 19.7 Å². The van der Waals surface area contributed by atoms with Crippen molar-refractivity contribution in [1.29, 1.82) is 0 Å². The molecular weight excluding hydrogens is 436 g/mol. The highest BCUT2D eigenvalue weighted by Crippen LogP contribution is 2.28. The number of carbonyl (C=O) groups is 2. The number of hydrogen-bond donors (Lipinski definition) is 4. The molecule has 0 atom stereocenters. The second-order valence-electron chi connectivity index (χ2n) is 6.78. The molecule has 0 unspecified atom stereocenters. The van der Waals surface area contributed by atoms with Crippen LogP contribution in [0.25, 0.3) is 0 Å². The summed E-state index contributed by atoms with van der Waals surface area (Å²) in [5.41, 5.74) is 1.41. The molecule has 1 rings (SSSR count). The zero-order valence-electron chi connectivity index (χ0n) is 17.0. The molecular formula is C18H28N2O8S2. The Morgan fingerprint density at radius 1 is 0.733 bits per heavy atom. The molecule has 1 aromatic carbocycles. The van der Waals surface area contributed by atoms with Gasteiger partial charge in [-0.25, -0.2) is 27.8 Å². The molecule has 0 spiro atoms. The number of hydroxylamine groups is 2. The van der Waals surface area contributed by atoms with E-state index in [-0.39, 0.29) is 24.3 Å². The van der Waals surface area contributed by atoms with Crippen LogP contribution in [0.1, 0.15) is 73.1 Å². The van der Waals surface area contributed by atoms with Gasteiger partial charge in [0.15, 0.2) is 19.7 Å². The minimum Gasteiger partial charge on any atom is -0.288 e. The van der Waals surface area contributed by atoms with Crippen LogP contribution in [0.2, 0.25) is 0 Å². The van der Waals surface area contributed by atoms with E-state index in [1.54, 1.807) is 0 Å². The Morgan fingerprint density at radius 2 is 1.07 bits per heavy atom. The van der Waals surface area contributed by atoms with Gasteiger partial charge in [-0.15, -0.1) is 0 Å². The summed E-state index contributed by atoms with van der Waals surface area (Å²) in [6.07, 6.45) is 3.28. The first kappa shape index (κ1) is 26.0. The average molecular weight is 465 g/mol. The highest BCUT2D eigenvalue weighted by atomic mass is 32.2. The molecule has 1 aromatic rings. The third kappa shape index (κ3) is 6.49. The number of benzene rings is 1. The van der Waals surface area contributed by atoms with E-state index >= 15 is 0 Å². The number of amides is 2. The van der Waals surface area contributed by atoms with E-state index in [9.17, 15) is 26.4 Å². The highest BCUT2D eigenvalue weighted by Gasteiger charge is 2.30. The van der Waals surface area contributed by atoms with Gasteiger partial charge in [0.2, 0.25) is 0 Å². The van der Waals surface area contributed by atoms with Gasteiger partial charge in [-0.1, -0.05) is 39.5 Å². The highest BCUT2D eigenvalue weighted by molar-refractivity contribution is 7.92. The lowest BCUT2D eigenvalue weighted by Gasteiger charge is -2.15. The van der Waals surface area contributed by atoms with Crippen molar-refractivity contribution in [3.8, 4) is 0 Å². The maximum atomic E-state index is 12.8. The van der Waals surface area contributed by atoms with E-state index < -0.39 is 52.4 Å². The maximum Gasteiger partial charge on any atom is 0.276 e. The third-order valence-corrected chi connectivity index (χ3v) is 8.15. The smallest absolute Gasteiger partial charge is 0.276 e. The van der Waals surface area contributed by atoms with Crippen molar-refractivity contribution in [2.75, 3.05) is 11.5 Å². The molecule has 0 aliphatic carbocycles. The van der Waals surface area contributed by atoms with Gasteiger partial charge in [0.1, 0.15) is 0 Å². The topological polar surface area (TPSA) is 167 Å². The molecule has 0 bridgehead atoms. The third-order valence-electron chi connectivity index (χ3n) is 4.48. The molecule has 12 heteroatoms. The zero-order valence-corrected chi connectivity index (χ0v) is 18.6. The Morgan fingerprint density at radius 3 is 1.33 bits per heavy atom. The first-order valence-electron chi connectivity index (χ1n) is 9.58. The molecule has 0 heterocycles. The average Bonchev–Trinajstić information content (AvgIpc) is 2.71. The van der Waals surface area contributed by atoms with Gasteiger partial charge in [-0.05, 0) is 25.0 Å². The monoisotopic (exact) mass is 464 g/mol. The summed E-state index contributed by atoms with van der Waals surface area (Å²) in [6.45, 7) is 3.75. The second-order valence-corrected chi connectivity index (χ2v) is 10.9. The fraction of sp³-hybridized carbons (Fsp3) is 0.556. The Labute approximate surface area is 176 Å². The van der Waals surface area contributed by atoms with Crippen LogP contribution in [0.4, 0.5) is 0 Å². The van der Waals surface area contributed by atoms with Gasteiger partial charge >= 0.3 is 0 Å². The standard InChI is InChI=1S/C18H28N2O8S2/c1-3-5-7-9-29(25,26)15-11-14(18(22)20-24)16(12-13(15)17(21)19-23)30(27,28)10-8-6-4-2/h11-12,23-24H,3-10H2,1-2H3,(H,19,21)(H,20,22). The van der Waals surface area contributed by atoms with Gasteiger partial charge in [-0.2, -0.15) is 0 Å². The van der Waals surface area contributed by atoms with Gasteiger partial charge in [0.05, 0.1) is 32.4 Å². The van der Waals surface area contributed by atoms with Crippen molar-refractivity contribution in [3.63, 3.8) is 0 Å². The molecule has 30 heavy (non-hydrogen) atoms. The molecule has 170 valence electrons. The molecule has 0 saturated heterocycles. The van der Waals surface area contributed by atoms with E-state index in [2.05, 4.69) is 0 Å². The van der Waals surface area contributed by atoms with Gasteiger partial charge in [0, 0.05) is 0 Å². The van der Waals surface area contributed by atoms with Gasteiger partial charge in [-0.3, -0.25) is 20.0 Å². The normalized spacial score (nSPS) is 11.9. The molecule has 0 saturated carbocycles. The molecule has 2 amide bonds. The van der Waals surface area contributed by atoms with Crippen molar-refractivity contribution in [1.82, 2.24) is 11.0 Å². The molecule has 0 fully saturated rings. The number of rotatable bonds is 12. The number of hydrogen-bond acceptors (Lipinski definition) is 8. The van der Waals surface area contributed by atoms with Gasteiger partial charge < -0.3 is 0 Å². The predicted octanol–water partition coefficient (Wildman–Crippen LogP) is 1.85. The Kier molecular flexibility index (Phi) is 9.88. The van der Waals surface area contributed by atoms with Crippen LogP contribution in [0.15, 0.2) is 21.9 Å². The lowest BCUT2D eigenvalue weighted by atomic mass is 10.1. The summed E-state index contributed by atoms with van der Waals surface area (Å²) in [5, 5.41) is 18.0. The van der Waals surface area contributed by atoms with Crippen molar-refractivity contribution >= 4 is 31.5 Å². The Balaban J connectivity index is 3.73. The molecule has 0 aliphatic rings. The Hall–Kier alpha value is -2.02. The van der Waals surface area contributed by atoms with Crippen molar-refractivity contribution in [2.45, 2.75) is 62.2 Å². The van der Waals surface area contributed by atoms with Crippen LogP contribution < -0.4 is 11.0 Å². The molecule has 0 aromatic heterocycles. The Bertz CT molecular complexity index is 892. The lowest BCUT2D eigenvalue weighted by Crippen LogP contribution is -2.27. The van der Waals surface area contributed by atoms with E-state index in [1.165, 1.54) is 11.0 Å². The number of carbonyl (C=O) groups excluding carboxylic acids is 2. The van der Waals surface area contributed by atoms with Crippen LogP contribution in [0.3, 0.4) is 0 Å². The minimum atomic E-state index is -4.09. The number of sulfone groups is 2. The van der Waals surface area contributed by atoms with Crippen LogP contribution in [0, 0.1) is 0 Å². The summed E-state index contributed by atoms with van der Waals surface area (Å²) < 4.78 is 51.1. The fourth-order valence-corrected chi connectivity index (χ4v) is 6.03. The lowest BCUT2D eigenvalue weighted by molar-refractivity contribution is 0.0692. The molecule has 10 nitrogen and oxygen atoms in total. The first-order valence-corrected chi connectivity index (χ1v) is 12.9. The van der Waals surface area contributed by atoms with E-state index in [4.69, 9.17) is 10.4 Å². The van der Waals surface area contributed by atoms with Crippen molar-refractivity contribution < 1.29 is 36.8 Å². The van der Waals surface area contributed by atoms with Crippen LogP contribution in [0.5, 0.6) is 0 Å². The summed E-state index contributed by atoms with van der Waals surface area (Å²) in [7, 11) is -8.19. The van der Waals surface area contributed by atoms with Crippen molar-refractivity contribution in [2.24, 2.45) is 0 Å². The molecule has 0 radical (unpaired) electrons. The quantitative estimate of drug-likeness (QED) is 0.206. The fourth-order valence-electron chi connectivity index (χ4n) is 2.85. The molecule has 0 aliphatic heterocycles. The zero-order chi connectivity index (χ0) is 22.9. The largest absolute Gasteiger partial charge is 0.288 e. The number of unbranched alkanes of at least 4 members (excludes halogenated alkanes) is 4. The second kappa shape index (κ2) is 11.4. The molecule has 4 N–H and O–H groups in total. The summed E-state index contributed by atoms with van der Waals surface area (Å²) >= 11 is 0. The summed E-state index contributed by atoms with van der Waals surface area (Å²) in [5.74, 6) is -3.14. The number of nitrogens with one attached hydrogen (secondary N) is 2. The minimum absolute atomic E-state index is 0.289. The summed E-state index contributed by atoms with van der Waals surface area (Å²) in [4.78, 5) is 23.1. The van der Waals surface area contributed by atoms with E-state index in [1.807, 2.05) is 13.8 Å². The first-order chi connectivity index (χ1) is 14.1. The maximum absolute atomic E-state index is 12.8. The van der Waals surface area contributed by atoms with E-state index in [0.29, 0.717) is 12.8 Å². The van der Waals surface area contributed by atoms with Gasteiger partial charge in [0.25, 0.3) is 11.8 Å². The van der Waals surface area contributed by atoms with Crippen LogP contribution >= 0.6 is 0 Å². The predicted molar refractivity (Wildman–Crippen MR) is 108 cm³/mol. The summed E-state index contributed by atoms with van der Waals surface area (Å²) in [6, 6.07) is 1.51. The van der Waals surface area contributed by atoms with E-state index in [0.717, 1.165) is 25.0 Å².